The zero-order valence-electron chi connectivity index (χ0n) is 11.9. The zero-order chi connectivity index (χ0) is 14.5. The molecule has 114 valence electrons. The van der Waals surface area contributed by atoms with Crippen LogP contribution in [0.5, 0.6) is 0 Å². The maximum Gasteiger partial charge on any atom is 0.315 e. The number of hydrogen-bond donors (Lipinski definition) is 2. The number of hydrogen-bond acceptors (Lipinski definition) is 4. The highest BCUT2D eigenvalue weighted by Crippen LogP contribution is 1.94. The molecule has 0 saturated carbocycles. The number of nitrogens with one attached hydrogen (secondary N) is 2. The van der Waals surface area contributed by atoms with Gasteiger partial charge in [0.05, 0.1) is 38.6 Å². The highest BCUT2D eigenvalue weighted by Gasteiger charge is 2.09. The molecule has 0 aromatic rings. The lowest BCUT2D eigenvalue weighted by molar-refractivity contribution is -0.0228. The second kappa shape index (κ2) is 12.5. The molecule has 0 aromatic heterocycles. The van der Waals surface area contributed by atoms with Crippen LogP contribution in [-0.2, 0) is 14.2 Å². The third-order valence-corrected chi connectivity index (χ3v) is 2.36. The highest BCUT2D eigenvalue weighted by molar-refractivity contribution is 6.18. The molecule has 0 bridgehead atoms. The van der Waals surface area contributed by atoms with Crippen molar-refractivity contribution >= 4 is 17.6 Å². The summed E-state index contributed by atoms with van der Waals surface area (Å²) in [6.45, 7) is 6.32. The number of urea groups is 1. The minimum Gasteiger partial charge on any atom is -0.382 e. The summed E-state index contributed by atoms with van der Waals surface area (Å²) in [5, 5.41) is 5.38. The third-order valence-electron chi connectivity index (χ3n) is 2.17. The van der Waals surface area contributed by atoms with Gasteiger partial charge in [0.2, 0.25) is 0 Å². The molecule has 7 heteroatoms. The third kappa shape index (κ3) is 12.2. The first kappa shape index (κ1) is 18.4. The highest BCUT2D eigenvalue weighted by atomic mass is 35.5. The van der Waals surface area contributed by atoms with Crippen molar-refractivity contribution in [2.24, 2.45) is 0 Å². The minimum atomic E-state index is -0.235. The number of carbonyl (C=O) groups excluding carboxylic acids is 1. The summed E-state index contributed by atoms with van der Waals surface area (Å²) in [5.74, 6) is 0.397. The molecule has 0 fully saturated rings. The molecular weight excluding hydrogens is 272 g/mol. The van der Waals surface area contributed by atoms with Gasteiger partial charge in [-0.15, -0.1) is 11.6 Å². The Balaban J connectivity index is 3.54. The van der Waals surface area contributed by atoms with Crippen LogP contribution in [0.25, 0.3) is 0 Å². The molecule has 2 N–H and O–H groups in total. The van der Waals surface area contributed by atoms with E-state index in [9.17, 15) is 4.79 Å². The first-order chi connectivity index (χ1) is 9.10. The fourth-order valence-corrected chi connectivity index (χ4v) is 1.32. The summed E-state index contributed by atoms with van der Waals surface area (Å²) < 4.78 is 15.8. The Hall–Kier alpha value is -0.560. The van der Waals surface area contributed by atoms with Crippen molar-refractivity contribution in [2.75, 3.05) is 46.0 Å². The predicted molar refractivity (Wildman–Crippen MR) is 74.8 cm³/mol. The SMILES string of the molecule is COCCOCC(C)OCC(C)NC(=O)NCCCl. The van der Waals surface area contributed by atoms with Crippen LogP contribution in [0.4, 0.5) is 4.79 Å². The topological polar surface area (TPSA) is 68.8 Å². The van der Waals surface area contributed by atoms with E-state index in [0.717, 1.165) is 0 Å². The number of alkyl halides is 1. The van der Waals surface area contributed by atoms with Gasteiger partial charge in [-0.1, -0.05) is 0 Å². The fourth-order valence-electron chi connectivity index (χ4n) is 1.23. The summed E-state index contributed by atoms with van der Waals surface area (Å²) in [6, 6.07) is -0.308. The fraction of sp³-hybridized carbons (Fsp3) is 0.917. The van der Waals surface area contributed by atoms with Crippen molar-refractivity contribution in [3.05, 3.63) is 0 Å². The van der Waals surface area contributed by atoms with Gasteiger partial charge in [0, 0.05) is 19.5 Å². The normalized spacial score (nSPS) is 13.9. The van der Waals surface area contributed by atoms with Crippen LogP contribution in [0.15, 0.2) is 0 Å². The van der Waals surface area contributed by atoms with Crippen molar-refractivity contribution in [3.8, 4) is 0 Å². The van der Waals surface area contributed by atoms with Crippen molar-refractivity contribution in [2.45, 2.75) is 26.0 Å². The number of methoxy groups -OCH3 is 1. The smallest absolute Gasteiger partial charge is 0.315 e. The van der Waals surface area contributed by atoms with Gasteiger partial charge in [0.1, 0.15) is 0 Å². The van der Waals surface area contributed by atoms with Gasteiger partial charge in [0.15, 0.2) is 0 Å². The van der Waals surface area contributed by atoms with E-state index in [4.69, 9.17) is 25.8 Å². The van der Waals surface area contributed by atoms with Crippen molar-refractivity contribution in [3.63, 3.8) is 0 Å². The maximum atomic E-state index is 11.3. The maximum absolute atomic E-state index is 11.3. The Kier molecular flexibility index (Phi) is 12.1. The van der Waals surface area contributed by atoms with Crippen molar-refractivity contribution in [1.82, 2.24) is 10.6 Å². The number of carbonyl (C=O) groups is 1. The molecule has 0 saturated heterocycles. The Morgan fingerprint density at radius 2 is 2.00 bits per heavy atom. The van der Waals surface area contributed by atoms with Gasteiger partial charge in [0.25, 0.3) is 0 Å². The summed E-state index contributed by atoms with van der Waals surface area (Å²) in [5.41, 5.74) is 0. The summed E-state index contributed by atoms with van der Waals surface area (Å²) in [7, 11) is 1.63. The van der Waals surface area contributed by atoms with Gasteiger partial charge in [-0.3, -0.25) is 0 Å². The van der Waals surface area contributed by atoms with Gasteiger partial charge in [-0.25, -0.2) is 4.79 Å². The largest absolute Gasteiger partial charge is 0.382 e. The van der Waals surface area contributed by atoms with E-state index >= 15 is 0 Å². The molecule has 0 spiro atoms. The monoisotopic (exact) mass is 296 g/mol. The molecule has 19 heavy (non-hydrogen) atoms. The standard InChI is InChI=1S/C12H25ClN2O4/c1-10(15-12(16)14-5-4-13)8-19-11(2)9-18-7-6-17-3/h10-11H,4-9H2,1-3H3,(H2,14,15,16). The summed E-state index contributed by atoms with van der Waals surface area (Å²) >= 11 is 5.47. The molecule has 0 rings (SSSR count). The molecule has 0 aromatic carbocycles. The lowest BCUT2D eigenvalue weighted by Gasteiger charge is -2.18. The molecule has 0 radical (unpaired) electrons. The average molecular weight is 297 g/mol. The Bertz CT molecular complexity index is 232. The van der Waals surface area contributed by atoms with Gasteiger partial charge in [-0.2, -0.15) is 0 Å². The Morgan fingerprint density at radius 3 is 2.63 bits per heavy atom. The van der Waals surface area contributed by atoms with Crippen LogP contribution in [0.1, 0.15) is 13.8 Å². The van der Waals surface area contributed by atoms with Gasteiger partial charge in [-0.05, 0) is 13.8 Å². The molecular formula is C12H25ClN2O4. The first-order valence-electron chi connectivity index (χ1n) is 6.38. The van der Waals surface area contributed by atoms with Crippen molar-refractivity contribution < 1.29 is 19.0 Å². The number of halogens is 1. The molecule has 0 aliphatic carbocycles. The quantitative estimate of drug-likeness (QED) is 0.440. The number of amides is 2. The van der Waals surface area contributed by atoms with E-state index in [2.05, 4.69) is 10.6 Å². The average Bonchev–Trinajstić information content (AvgIpc) is 2.39. The van der Waals surface area contributed by atoms with E-state index in [1.807, 2.05) is 13.8 Å². The second-order valence-corrected chi connectivity index (χ2v) is 4.58. The molecule has 6 nitrogen and oxygen atoms in total. The van der Waals surface area contributed by atoms with E-state index in [-0.39, 0.29) is 18.2 Å². The lowest BCUT2D eigenvalue weighted by Crippen LogP contribution is -2.43. The second-order valence-electron chi connectivity index (χ2n) is 4.20. The Morgan fingerprint density at radius 1 is 1.26 bits per heavy atom. The van der Waals surface area contributed by atoms with Crippen LogP contribution in [0.3, 0.4) is 0 Å². The molecule has 0 aliphatic rings. The van der Waals surface area contributed by atoms with Crippen LogP contribution < -0.4 is 10.6 Å². The zero-order valence-corrected chi connectivity index (χ0v) is 12.7. The van der Waals surface area contributed by atoms with E-state index in [1.54, 1.807) is 7.11 Å². The van der Waals surface area contributed by atoms with E-state index < -0.39 is 0 Å². The first-order valence-corrected chi connectivity index (χ1v) is 6.92. The van der Waals surface area contributed by atoms with Crippen LogP contribution in [0, 0.1) is 0 Å². The van der Waals surface area contributed by atoms with Crippen molar-refractivity contribution in [1.29, 1.82) is 0 Å². The summed E-state index contributed by atoms with van der Waals surface area (Å²) in [6.07, 6.45) is -0.0213. The lowest BCUT2D eigenvalue weighted by atomic mass is 10.3. The molecule has 0 aliphatic heterocycles. The van der Waals surface area contributed by atoms with Gasteiger partial charge >= 0.3 is 6.03 Å². The summed E-state index contributed by atoms with van der Waals surface area (Å²) in [4.78, 5) is 11.3. The number of ether oxygens (including phenoxy) is 3. The molecule has 2 amide bonds. The van der Waals surface area contributed by atoms with Crippen LogP contribution in [-0.4, -0.2) is 64.1 Å². The molecule has 2 unspecified atom stereocenters. The van der Waals surface area contributed by atoms with Gasteiger partial charge < -0.3 is 24.8 Å². The van der Waals surface area contributed by atoms with Crippen LogP contribution in [0.2, 0.25) is 0 Å². The van der Waals surface area contributed by atoms with Crippen LogP contribution >= 0.6 is 11.6 Å². The molecule has 2 atom stereocenters. The molecule has 0 heterocycles. The minimum absolute atomic E-state index is 0.0213. The Labute approximate surface area is 120 Å². The van der Waals surface area contributed by atoms with E-state index in [0.29, 0.717) is 38.9 Å². The predicted octanol–water partition coefficient (Wildman–Crippen LogP) is 0.981. The van der Waals surface area contributed by atoms with E-state index in [1.165, 1.54) is 0 Å². The number of rotatable bonds is 11.